The van der Waals surface area contributed by atoms with Crippen LogP contribution in [0.15, 0.2) is 46.2 Å². The van der Waals surface area contributed by atoms with Gasteiger partial charge in [-0.05, 0) is 42.8 Å². The average Bonchev–Trinajstić information content (AvgIpc) is 2.73. The van der Waals surface area contributed by atoms with Gasteiger partial charge in [0.15, 0.2) is 0 Å². The Morgan fingerprint density at radius 2 is 1.72 bits per heavy atom. The molecule has 0 aliphatic heterocycles. The van der Waals surface area contributed by atoms with Crippen LogP contribution in [-0.2, 0) is 24.8 Å². The molecule has 176 valence electrons. The van der Waals surface area contributed by atoms with Crippen molar-refractivity contribution in [3.8, 4) is 5.75 Å². The molecule has 0 heterocycles. The lowest BCUT2D eigenvalue weighted by Crippen LogP contribution is -2.38. The van der Waals surface area contributed by atoms with Crippen LogP contribution in [0.5, 0.6) is 5.75 Å². The fourth-order valence-corrected chi connectivity index (χ4v) is 5.32. The molecule has 0 unspecified atom stereocenters. The molecular weight excluding hydrogens is 461 g/mol. The Morgan fingerprint density at radius 1 is 1.06 bits per heavy atom. The molecule has 0 bridgehead atoms. The van der Waals surface area contributed by atoms with E-state index in [1.807, 2.05) is 0 Å². The topological polar surface area (TPSA) is 113 Å². The number of amides is 1. The van der Waals surface area contributed by atoms with Gasteiger partial charge in [0.05, 0.1) is 18.6 Å². The number of nitrogens with one attached hydrogen (secondary N) is 1. The zero-order chi connectivity index (χ0) is 24.3. The molecule has 0 atom stereocenters. The Bertz CT molecular complexity index is 1210. The van der Waals surface area contributed by atoms with Crippen LogP contribution in [-0.4, -0.2) is 65.6 Å². The summed E-state index contributed by atoms with van der Waals surface area (Å²) in [5.74, 6) is -1.50. The quantitative estimate of drug-likeness (QED) is 0.579. The zero-order valence-corrected chi connectivity index (χ0v) is 20.0. The summed E-state index contributed by atoms with van der Waals surface area (Å²) in [6.07, 6.45) is 0. The number of carbonyl (C=O) groups is 1. The molecule has 9 nitrogen and oxygen atoms in total. The molecule has 0 spiro atoms. The summed E-state index contributed by atoms with van der Waals surface area (Å²) < 4.78 is 71.4. The van der Waals surface area contributed by atoms with E-state index < -0.39 is 43.2 Å². The van der Waals surface area contributed by atoms with E-state index in [1.54, 1.807) is 6.92 Å². The van der Waals surface area contributed by atoms with Crippen LogP contribution >= 0.6 is 0 Å². The number of ether oxygens (including phenoxy) is 1. The molecule has 1 N–H and O–H groups in total. The van der Waals surface area contributed by atoms with Gasteiger partial charge in [0.2, 0.25) is 26.0 Å². The first kappa shape index (κ1) is 25.7. The maximum atomic E-state index is 13.7. The Morgan fingerprint density at radius 3 is 2.28 bits per heavy atom. The van der Waals surface area contributed by atoms with Crippen molar-refractivity contribution in [3.05, 3.63) is 47.8 Å². The highest BCUT2D eigenvalue weighted by Gasteiger charge is 2.29. The Hall–Kier alpha value is -2.54. The number of hydrogen-bond donors (Lipinski definition) is 1. The Kier molecular flexibility index (Phi) is 7.99. The van der Waals surface area contributed by atoms with Gasteiger partial charge in [0.25, 0.3) is 0 Å². The Labute approximate surface area is 187 Å². The van der Waals surface area contributed by atoms with Crippen molar-refractivity contribution < 1.29 is 30.8 Å². The number of likely N-dealkylation sites (N-methyl/N-ethyl adjacent to an activating group) is 1. The summed E-state index contributed by atoms with van der Waals surface area (Å²) in [7, 11) is -3.95. The van der Waals surface area contributed by atoms with Crippen molar-refractivity contribution in [2.45, 2.75) is 23.6 Å². The van der Waals surface area contributed by atoms with E-state index in [1.165, 1.54) is 52.4 Å². The maximum absolute atomic E-state index is 13.7. The van der Waals surface area contributed by atoms with E-state index in [9.17, 15) is 26.0 Å². The fourth-order valence-electron chi connectivity index (χ4n) is 2.81. The number of carbonyl (C=O) groups excluding carboxylic acids is 1. The summed E-state index contributed by atoms with van der Waals surface area (Å²) in [5.41, 5.74) is 0.823. The summed E-state index contributed by atoms with van der Waals surface area (Å²) >= 11 is 0. The summed E-state index contributed by atoms with van der Waals surface area (Å²) in [4.78, 5) is 12.2. The number of anilines is 1. The highest BCUT2D eigenvalue weighted by molar-refractivity contribution is 7.89. The van der Waals surface area contributed by atoms with E-state index in [0.717, 1.165) is 20.7 Å². The molecule has 0 radical (unpaired) electrons. The molecule has 0 aliphatic rings. The first-order valence-electron chi connectivity index (χ1n) is 9.51. The van der Waals surface area contributed by atoms with Gasteiger partial charge in [-0.3, -0.25) is 4.79 Å². The lowest BCUT2D eigenvalue weighted by molar-refractivity contribution is -0.116. The van der Waals surface area contributed by atoms with Crippen molar-refractivity contribution in [1.82, 2.24) is 8.61 Å². The number of sulfonamides is 2. The number of halogens is 1. The van der Waals surface area contributed by atoms with Gasteiger partial charge >= 0.3 is 0 Å². The van der Waals surface area contributed by atoms with Gasteiger partial charge in [0.1, 0.15) is 16.5 Å². The monoisotopic (exact) mass is 487 g/mol. The molecule has 32 heavy (non-hydrogen) atoms. The van der Waals surface area contributed by atoms with Gasteiger partial charge in [-0.15, -0.1) is 0 Å². The predicted octanol–water partition coefficient (Wildman–Crippen LogP) is 2.04. The van der Waals surface area contributed by atoms with E-state index in [0.29, 0.717) is 5.56 Å². The zero-order valence-electron chi connectivity index (χ0n) is 18.4. The highest BCUT2D eigenvalue weighted by atomic mass is 32.2. The van der Waals surface area contributed by atoms with Crippen LogP contribution in [0.4, 0.5) is 10.1 Å². The van der Waals surface area contributed by atoms with Crippen LogP contribution in [0, 0.1) is 12.7 Å². The molecule has 0 saturated carbocycles. The molecule has 0 fully saturated rings. The first-order chi connectivity index (χ1) is 14.8. The minimum atomic E-state index is -4.25. The van der Waals surface area contributed by atoms with Gasteiger partial charge in [-0.25, -0.2) is 25.5 Å². The van der Waals surface area contributed by atoms with Crippen molar-refractivity contribution in [3.63, 3.8) is 0 Å². The highest BCUT2D eigenvalue weighted by Crippen LogP contribution is 2.28. The number of nitrogens with zero attached hydrogens (tertiary/aromatic N) is 2. The molecule has 2 rings (SSSR count). The predicted molar refractivity (Wildman–Crippen MR) is 118 cm³/mol. The van der Waals surface area contributed by atoms with Crippen LogP contribution in [0.2, 0.25) is 0 Å². The summed E-state index contributed by atoms with van der Waals surface area (Å²) in [5, 5.41) is 2.56. The van der Waals surface area contributed by atoms with Crippen molar-refractivity contribution >= 4 is 31.6 Å². The van der Waals surface area contributed by atoms with E-state index in [4.69, 9.17) is 4.74 Å². The van der Waals surface area contributed by atoms with Crippen LogP contribution in [0.25, 0.3) is 0 Å². The molecule has 1 amide bonds. The third-order valence-electron chi connectivity index (χ3n) is 4.68. The molecule has 0 saturated heterocycles. The maximum Gasteiger partial charge on any atom is 0.247 e. The third kappa shape index (κ3) is 5.44. The fraction of sp³-hybridized carbons (Fsp3) is 0.350. The second-order valence-corrected chi connectivity index (χ2v) is 11.1. The van der Waals surface area contributed by atoms with Crippen molar-refractivity contribution in [2.75, 3.05) is 39.6 Å². The van der Waals surface area contributed by atoms with Crippen LogP contribution in [0.3, 0.4) is 0 Å². The van der Waals surface area contributed by atoms with E-state index >= 15 is 0 Å². The number of hydrogen-bond acceptors (Lipinski definition) is 6. The van der Waals surface area contributed by atoms with Gasteiger partial charge < -0.3 is 10.1 Å². The molecule has 0 aromatic heterocycles. The van der Waals surface area contributed by atoms with E-state index in [2.05, 4.69) is 5.32 Å². The average molecular weight is 488 g/mol. The SMILES string of the molecule is CCN(CC(=O)Nc1cc(S(=O)(=O)N(C)C)ccc1C)S(=O)(=O)c1cc(F)ccc1OC. The smallest absolute Gasteiger partial charge is 0.247 e. The molecule has 2 aromatic carbocycles. The van der Waals surface area contributed by atoms with Gasteiger partial charge in [-0.1, -0.05) is 13.0 Å². The largest absolute Gasteiger partial charge is 0.495 e. The van der Waals surface area contributed by atoms with Crippen molar-refractivity contribution in [2.24, 2.45) is 0 Å². The minimum Gasteiger partial charge on any atom is -0.495 e. The van der Waals surface area contributed by atoms with Gasteiger partial charge in [0, 0.05) is 26.3 Å². The standard InChI is InChI=1S/C20H26FN3O6S2/c1-6-24(32(28,29)19-11-15(21)8-10-18(19)30-5)13-20(25)22-17-12-16(9-7-14(17)2)31(26,27)23(3)4/h7-12H,6,13H2,1-5H3,(H,22,25). The Balaban J connectivity index is 2.32. The van der Waals surface area contributed by atoms with Crippen LogP contribution < -0.4 is 10.1 Å². The lowest BCUT2D eigenvalue weighted by atomic mass is 10.2. The molecule has 0 aliphatic carbocycles. The summed E-state index contributed by atoms with van der Waals surface area (Å²) in [6.45, 7) is 2.58. The minimum absolute atomic E-state index is 0.0205. The second kappa shape index (κ2) is 9.94. The number of benzene rings is 2. The number of aryl methyl sites for hydroxylation is 1. The second-order valence-electron chi connectivity index (χ2n) is 7.04. The van der Waals surface area contributed by atoms with Gasteiger partial charge in [-0.2, -0.15) is 4.31 Å². The van der Waals surface area contributed by atoms with Crippen LogP contribution in [0.1, 0.15) is 12.5 Å². The molecule has 2 aromatic rings. The first-order valence-corrected chi connectivity index (χ1v) is 12.4. The van der Waals surface area contributed by atoms with Crippen molar-refractivity contribution in [1.29, 1.82) is 0 Å². The molecular formula is C20H26FN3O6S2. The number of rotatable bonds is 9. The lowest BCUT2D eigenvalue weighted by Gasteiger charge is -2.22. The molecule has 12 heteroatoms. The number of methoxy groups -OCH3 is 1. The third-order valence-corrected chi connectivity index (χ3v) is 8.43. The summed E-state index contributed by atoms with van der Waals surface area (Å²) in [6, 6.07) is 7.35. The van der Waals surface area contributed by atoms with E-state index in [-0.39, 0.29) is 22.9 Å². The normalized spacial score (nSPS) is 12.2.